The van der Waals surface area contributed by atoms with Gasteiger partial charge in [-0.2, -0.15) is 11.8 Å². The zero-order chi connectivity index (χ0) is 11.4. The quantitative estimate of drug-likeness (QED) is 0.872. The lowest BCUT2D eigenvalue weighted by Crippen LogP contribution is -2.42. The molecule has 2 rings (SSSR count). The summed E-state index contributed by atoms with van der Waals surface area (Å²) in [4.78, 5) is 0. The largest absolute Gasteiger partial charge is 0.497 e. The maximum atomic E-state index is 5.25. The Labute approximate surface area is 102 Å². The lowest BCUT2D eigenvalue weighted by Gasteiger charge is -2.29. The van der Waals surface area contributed by atoms with Crippen molar-refractivity contribution in [2.75, 3.05) is 19.4 Å². The molecule has 1 aliphatic heterocycles. The van der Waals surface area contributed by atoms with E-state index < -0.39 is 0 Å². The van der Waals surface area contributed by atoms with Gasteiger partial charge in [0.15, 0.2) is 0 Å². The van der Waals surface area contributed by atoms with Crippen LogP contribution in [0.25, 0.3) is 0 Å². The van der Waals surface area contributed by atoms with Gasteiger partial charge in [0.1, 0.15) is 5.75 Å². The van der Waals surface area contributed by atoms with Gasteiger partial charge in [-0.05, 0) is 31.0 Å². The van der Waals surface area contributed by atoms with Gasteiger partial charge in [0.25, 0.3) is 0 Å². The van der Waals surface area contributed by atoms with E-state index in [2.05, 4.69) is 42.2 Å². The van der Waals surface area contributed by atoms with E-state index in [1.54, 1.807) is 7.11 Å². The van der Waals surface area contributed by atoms with Crippen molar-refractivity contribution in [3.05, 3.63) is 29.8 Å². The molecule has 0 aromatic heterocycles. The van der Waals surface area contributed by atoms with E-state index >= 15 is 0 Å². The summed E-state index contributed by atoms with van der Waals surface area (Å²) in [6, 6.07) is 9.00. The number of benzene rings is 1. The Morgan fingerprint density at radius 3 is 3.12 bits per heavy atom. The van der Waals surface area contributed by atoms with Crippen LogP contribution in [0.3, 0.4) is 0 Å². The van der Waals surface area contributed by atoms with Crippen molar-refractivity contribution in [1.82, 2.24) is 5.32 Å². The van der Waals surface area contributed by atoms with Gasteiger partial charge in [-0.3, -0.25) is 0 Å². The van der Waals surface area contributed by atoms with E-state index in [1.807, 2.05) is 6.07 Å². The van der Waals surface area contributed by atoms with Gasteiger partial charge in [-0.25, -0.2) is 0 Å². The van der Waals surface area contributed by atoms with Crippen LogP contribution in [0.1, 0.15) is 12.5 Å². The molecule has 0 radical (unpaired) electrons. The zero-order valence-electron chi connectivity index (χ0n) is 9.90. The van der Waals surface area contributed by atoms with E-state index in [0.717, 1.165) is 18.7 Å². The first kappa shape index (κ1) is 11.8. The monoisotopic (exact) mass is 237 g/mol. The number of thioether (sulfide) groups is 1. The Morgan fingerprint density at radius 1 is 1.50 bits per heavy atom. The van der Waals surface area contributed by atoms with E-state index in [9.17, 15) is 0 Å². The summed E-state index contributed by atoms with van der Waals surface area (Å²) in [6.07, 6.45) is 1.12. The van der Waals surface area contributed by atoms with Crippen LogP contribution < -0.4 is 10.1 Å². The van der Waals surface area contributed by atoms with Gasteiger partial charge in [-0.1, -0.05) is 12.1 Å². The van der Waals surface area contributed by atoms with Crippen molar-refractivity contribution >= 4 is 11.8 Å². The Balaban J connectivity index is 2.01. The van der Waals surface area contributed by atoms with Crippen LogP contribution in [0.4, 0.5) is 0 Å². The molecule has 2 nitrogen and oxygen atoms in total. The minimum absolute atomic E-state index is 0.602. The second kappa shape index (κ2) is 5.60. The molecule has 88 valence electrons. The van der Waals surface area contributed by atoms with Crippen molar-refractivity contribution in [2.24, 2.45) is 0 Å². The van der Waals surface area contributed by atoms with Crippen molar-refractivity contribution in [3.8, 4) is 5.75 Å². The molecule has 0 saturated carbocycles. The number of ether oxygens (including phenoxy) is 1. The van der Waals surface area contributed by atoms with Gasteiger partial charge >= 0.3 is 0 Å². The predicted octanol–water partition coefficient (Wildman–Crippen LogP) is 2.33. The van der Waals surface area contributed by atoms with Crippen molar-refractivity contribution < 1.29 is 4.74 Å². The zero-order valence-corrected chi connectivity index (χ0v) is 10.7. The highest BCUT2D eigenvalue weighted by atomic mass is 32.2. The Hall–Kier alpha value is -0.670. The molecule has 3 heteroatoms. The molecule has 0 amide bonds. The third-order valence-electron chi connectivity index (χ3n) is 3.03. The van der Waals surface area contributed by atoms with Crippen LogP contribution in [0.5, 0.6) is 5.75 Å². The van der Waals surface area contributed by atoms with E-state index in [-0.39, 0.29) is 0 Å². The average molecular weight is 237 g/mol. The van der Waals surface area contributed by atoms with Crippen molar-refractivity contribution in [2.45, 2.75) is 24.6 Å². The summed E-state index contributed by atoms with van der Waals surface area (Å²) in [5.41, 5.74) is 1.37. The summed E-state index contributed by atoms with van der Waals surface area (Å²) in [5.74, 6) is 2.18. The first-order chi connectivity index (χ1) is 7.79. The normalized spacial score (nSPS) is 25.4. The standard InChI is InChI=1S/C13H19NOS/c1-10-13(16-7-6-14-10)9-11-4-3-5-12(8-11)15-2/h3-5,8,10,13-14H,6-7,9H2,1-2H3. The van der Waals surface area contributed by atoms with Gasteiger partial charge in [-0.15, -0.1) is 0 Å². The van der Waals surface area contributed by atoms with Crippen LogP contribution in [-0.2, 0) is 6.42 Å². The molecular weight excluding hydrogens is 218 g/mol. The van der Waals surface area contributed by atoms with Crippen LogP contribution in [-0.4, -0.2) is 30.7 Å². The second-order valence-electron chi connectivity index (χ2n) is 4.21. The lowest BCUT2D eigenvalue weighted by atomic mass is 10.1. The molecule has 1 saturated heterocycles. The van der Waals surface area contributed by atoms with Gasteiger partial charge in [0.2, 0.25) is 0 Å². The fourth-order valence-corrected chi connectivity index (χ4v) is 3.27. The third-order valence-corrected chi connectivity index (χ3v) is 4.47. The maximum absolute atomic E-state index is 5.25. The smallest absolute Gasteiger partial charge is 0.119 e. The molecule has 16 heavy (non-hydrogen) atoms. The minimum atomic E-state index is 0.602. The van der Waals surface area contributed by atoms with Crippen molar-refractivity contribution in [3.63, 3.8) is 0 Å². The SMILES string of the molecule is COc1cccc(CC2SCCNC2C)c1. The highest BCUT2D eigenvalue weighted by Crippen LogP contribution is 2.24. The number of hydrogen-bond acceptors (Lipinski definition) is 3. The summed E-state index contributed by atoms with van der Waals surface area (Å²) in [7, 11) is 1.72. The van der Waals surface area contributed by atoms with Crippen LogP contribution >= 0.6 is 11.8 Å². The van der Waals surface area contributed by atoms with Crippen LogP contribution in [0.15, 0.2) is 24.3 Å². The minimum Gasteiger partial charge on any atom is -0.497 e. The van der Waals surface area contributed by atoms with E-state index in [1.165, 1.54) is 11.3 Å². The average Bonchev–Trinajstić information content (AvgIpc) is 2.32. The Morgan fingerprint density at radius 2 is 2.38 bits per heavy atom. The maximum Gasteiger partial charge on any atom is 0.119 e. The molecule has 1 N–H and O–H groups in total. The molecule has 1 aliphatic rings. The Bertz CT molecular complexity index is 342. The van der Waals surface area contributed by atoms with Gasteiger partial charge in [0.05, 0.1) is 7.11 Å². The molecule has 1 aromatic rings. The van der Waals surface area contributed by atoms with Crippen molar-refractivity contribution in [1.29, 1.82) is 0 Å². The molecule has 0 aliphatic carbocycles. The number of methoxy groups -OCH3 is 1. The first-order valence-corrected chi connectivity index (χ1v) is 6.82. The summed E-state index contributed by atoms with van der Waals surface area (Å²) in [5, 5.41) is 4.21. The molecule has 1 aromatic carbocycles. The molecule has 0 bridgehead atoms. The van der Waals surface area contributed by atoms with Crippen LogP contribution in [0.2, 0.25) is 0 Å². The first-order valence-electron chi connectivity index (χ1n) is 5.77. The summed E-state index contributed by atoms with van der Waals surface area (Å²) < 4.78 is 5.25. The molecule has 0 spiro atoms. The fraction of sp³-hybridized carbons (Fsp3) is 0.538. The molecule has 2 atom stereocenters. The second-order valence-corrected chi connectivity index (χ2v) is 5.55. The van der Waals surface area contributed by atoms with Gasteiger partial charge < -0.3 is 10.1 Å². The van der Waals surface area contributed by atoms with E-state index in [0.29, 0.717) is 11.3 Å². The Kier molecular flexibility index (Phi) is 4.13. The summed E-state index contributed by atoms with van der Waals surface area (Å²) in [6.45, 7) is 3.41. The molecule has 1 heterocycles. The van der Waals surface area contributed by atoms with Gasteiger partial charge in [0, 0.05) is 23.6 Å². The topological polar surface area (TPSA) is 21.3 Å². The highest BCUT2D eigenvalue weighted by Gasteiger charge is 2.21. The predicted molar refractivity (Wildman–Crippen MR) is 70.4 cm³/mol. The van der Waals surface area contributed by atoms with Crippen LogP contribution in [0, 0.1) is 0 Å². The lowest BCUT2D eigenvalue weighted by molar-refractivity contribution is 0.414. The number of nitrogens with one attached hydrogen (secondary N) is 1. The summed E-state index contributed by atoms with van der Waals surface area (Å²) >= 11 is 2.08. The highest BCUT2D eigenvalue weighted by molar-refractivity contribution is 8.00. The number of rotatable bonds is 3. The molecular formula is C13H19NOS. The molecule has 1 fully saturated rings. The van der Waals surface area contributed by atoms with E-state index in [4.69, 9.17) is 4.74 Å². The third kappa shape index (κ3) is 2.92. The molecule has 2 unspecified atom stereocenters. The fourth-order valence-electron chi connectivity index (χ4n) is 2.04. The number of hydrogen-bond donors (Lipinski definition) is 1.